The van der Waals surface area contributed by atoms with Crippen molar-refractivity contribution in [1.29, 1.82) is 0 Å². The van der Waals surface area contributed by atoms with Crippen molar-refractivity contribution in [2.24, 2.45) is 5.10 Å². The fourth-order valence-corrected chi connectivity index (χ4v) is 0.167. The summed E-state index contributed by atoms with van der Waals surface area (Å²) in [6, 6.07) is 0. The summed E-state index contributed by atoms with van der Waals surface area (Å²) in [5.74, 6) is 0. The Morgan fingerprint density at radius 2 is 2.80 bits per heavy atom. The van der Waals surface area contributed by atoms with Crippen LogP contribution in [0.4, 0.5) is 0 Å². The van der Waals surface area contributed by atoms with Crippen LogP contribution in [0.25, 0.3) is 0 Å². The normalized spacial score (nSPS) is 17.6. The van der Waals surface area contributed by atoms with Gasteiger partial charge in [-0.15, -0.1) is 10.5 Å². The quantitative estimate of drug-likeness (QED) is 0.380. The Morgan fingerprint density at radius 3 is 3.00 bits per heavy atom. The molecule has 0 N–H and O–H groups in total. The average Bonchev–Trinajstić information content (AvgIpc) is 1.76. The largest absolute Gasteiger partial charge is 0.457 e. The Hall–Kier alpha value is -0.730. The smallest absolute Gasteiger partial charge is 0.200 e. The summed E-state index contributed by atoms with van der Waals surface area (Å²) in [5.41, 5.74) is 3.43. The molecule has 0 aromatic heterocycles. The minimum Gasteiger partial charge on any atom is -0.457 e. The van der Waals surface area contributed by atoms with Crippen molar-refractivity contribution in [3.05, 3.63) is 0 Å². The van der Waals surface area contributed by atoms with E-state index >= 15 is 0 Å². The van der Waals surface area contributed by atoms with Crippen LogP contribution in [0, 0.1) is 0 Å². The summed E-state index contributed by atoms with van der Waals surface area (Å²) < 4.78 is 4.49. The molecular formula is C2H3N2O. The van der Waals surface area contributed by atoms with Gasteiger partial charge >= 0.3 is 0 Å². The lowest BCUT2D eigenvalue weighted by Gasteiger charge is -1.75. The molecule has 1 rings (SSSR count). The highest BCUT2D eigenvalue weighted by atomic mass is 16.5. The second-order valence-corrected chi connectivity index (χ2v) is 0.658. The molecule has 1 aliphatic rings. The van der Waals surface area contributed by atoms with Crippen LogP contribution in [-0.2, 0) is 4.74 Å². The molecule has 27 valence electrons. The van der Waals surface area contributed by atoms with Gasteiger partial charge in [0.2, 0.25) is 0 Å². The highest BCUT2D eigenvalue weighted by molar-refractivity contribution is 5.46. The number of hydrogen-bond acceptors (Lipinski definition) is 2. The maximum absolute atomic E-state index is 4.49. The van der Waals surface area contributed by atoms with Crippen LogP contribution in [0.2, 0.25) is 0 Å². The Kier molecular flexibility index (Phi) is 0.463. The van der Waals surface area contributed by atoms with E-state index in [1.165, 1.54) is 6.40 Å². The standard InChI is InChI=1S/C2H3N2O/c1-3-4-2-5-1/h1H,2H2. The van der Waals surface area contributed by atoms with Crippen molar-refractivity contribution in [3.8, 4) is 0 Å². The molecule has 0 aromatic rings. The van der Waals surface area contributed by atoms with Gasteiger partial charge in [-0.3, -0.25) is 0 Å². The predicted molar refractivity (Wildman–Crippen MR) is 16.6 cm³/mol. The van der Waals surface area contributed by atoms with Gasteiger partial charge in [0.25, 0.3) is 0 Å². The molecule has 1 radical (unpaired) electrons. The molecule has 0 saturated carbocycles. The Labute approximate surface area is 29.6 Å². The van der Waals surface area contributed by atoms with E-state index in [-0.39, 0.29) is 0 Å². The van der Waals surface area contributed by atoms with Gasteiger partial charge in [0.15, 0.2) is 13.1 Å². The van der Waals surface area contributed by atoms with E-state index in [9.17, 15) is 0 Å². The maximum Gasteiger partial charge on any atom is 0.200 e. The lowest BCUT2D eigenvalue weighted by Crippen LogP contribution is -1.88. The van der Waals surface area contributed by atoms with Gasteiger partial charge in [-0.2, -0.15) is 0 Å². The zero-order chi connectivity index (χ0) is 3.54. The van der Waals surface area contributed by atoms with Gasteiger partial charge < -0.3 is 4.74 Å². The number of nitrogens with zero attached hydrogens (tertiary/aromatic N) is 2. The first-order valence-electron chi connectivity index (χ1n) is 1.30. The monoisotopic (exact) mass is 71.0 g/mol. The van der Waals surface area contributed by atoms with E-state index in [2.05, 4.69) is 15.3 Å². The minimum absolute atomic E-state index is 0.403. The van der Waals surface area contributed by atoms with E-state index in [0.29, 0.717) is 6.73 Å². The van der Waals surface area contributed by atoms with Gasteiger partial charge in [-0.25, -0.2) is 0 Å². The molecule has 0 atom stereocenters. The average molecular weight is 71.1 g/mol. The number of ether oxygens (including phenoxy) is 1. The third-order valence-electron chi connectivity index (χ3n) is 0.336. The van der Waals surface area contributed by atoms with E-state index < -0.39 is 0 Å². The van der Waals surface area contributed by atoms with Gasteiger partial charge in [-0.1, -0.05) is 0 Å². The summed E-state index contributed by atoms with van der Waals surface area (Å²) in [7, 11) is 0. The molecule has 3 nitrogen and oxygen atoms in total. The van der Waals surface area contributed by atoms with Crippen molar-refractivity contribution in [1.82, 2.24) is 5.43 Å². The Balaban J connectivity index is 2.32. The van der Waals surface area contributed by atoms with Crippen LogP contribution < -0.4 is 5.43 Å². The summed E-state index contributed by atoms with van der Waals surface area (Å²) in [6.45, 7) is 0.403. The highest BCUT2D eigenvalue weighted by Crippen LogP contribution is 1.73. The van der Waals surface area contributed by atoms with Crippen LogP contribution >= 0.6 is 0 Å². The maximum atomic E-state index is 4.49. The van der Waals surface area contributed by atoms with Crippen LogP contribution in [0.3, 0.4) is 0 Å². The van der Waals surface area contributed by atoms with Crippen molar-refractivity contribution >= 4 is 6.40 Å². The number of rotatable bonds is 0. The van der Waals surface area contributed by atoms with Gasteiger partial charge in [0.1, 0.15) is 0 Å². The molecule has 0 aliphatic carbocycles. The number of hydrogen-bond donors (Lipinski definition) is 0. The molecule has 0 saturated heterocycles. The van der Waals surface area contributed by atoms with Crippen LogP contribution in [0.1, 0.15) is 0 Å². The summed E-state index contributed by atoms with van der Waals surface area (Å²) >= 11 is 0. The van der Waals surface area contributed by atoms with E-state index in [0.717, 1.165) is 0 Å². The molecular weight excluding hydrogens is 68.0 g/mol. The fraction of sp³-hybridized carbons (Fsp3) is 0.500. The van der Waals surface area contributed by atoms with Crippen LogP contribution in [-0.4, -0.2) is 13.1 Å². The minimum atomic E-state index is 0.403. The third-order valence-corrected chi connectivity index (χ3v) is 0.336. The first-order chi connectivity index (χ1) is 2.50. The summed E-state index contributed by atoms with van der Waals surface area (Å²) in [6.07, 6.45) is 1.32. The molecule has 0 spiro atoms. The van der Waals surface area contributed by atoms with E-state index in [4.69, 9.17) is 0 Å². The van der Waals surface area contributed by atoms with Crippen molar-refractivity contribution in [2.45, 2.75) is 0 Å². The molecule has 0 unspecified atom stereocenters. The third kappa shape index (κ3) is 0.289. The van der Waals surface area contributed by atoms with Crippen LogP contribution in [0.15, 0.2) is 5.10 Å². The Bertz CT molecular complexity index is 45.6. The van der Waals surface area contributed by atoms with Crippen molar-refractivity contribution < 1.29 is 4.74 Å². The molecule has 0 fully saturated rings. The molecule has 0 bridgehead atoms. The molecule has 0 aromatic carbocycles. The van der Waals surface area contributed by atoms with Gasteiger partial charge in [0.05, 0.1) is 0 Å². The van der Waals surface area contributed by atoms with E-state index in [1.54, 1.807) is 0 Å². The molecule has 3 heteroatoms. The first kappa shape index (κ1) is 2.50. The van der Waals surface area contributed by atoms with Crippen LogP contribution in [0.5, 0.6) is 0 Å². The zero-order valence-corrected chi connectivity index (χ0v) is 2.59. The predicted octanol–water partition coefficient (Wildman–Crippen LogP) is -0.478. The molecule has 1 aliphatic heterocycles. The fourth-order valence-electron chi connectivity index (χ4n) is 0.167. The molecule has 5 heavy (non-hydrogen) atoms. The topological polar surface area (TPSA) is 35.7 Å². The van der Waals surface area contributed by atoms with E-state index in [1.807, 2.05) is 0 Å². The second kappa shape index (κ2) is 0.924. The highest BCUT2D eigenvalue weighted by Gasteiger charge is 1.84. The lowest BCUT2D eigenvalue weighted by molar-refractivity contribution is 0.323. The summed E-state index contributed by atoms with van der Waals surface area (Å²) in [4.78, 5) is 0. The van der Waals surface area contributed by atoms with Gasteiger partial charge in [-0.05, 0) is 0 Å². The van der Waals surface area contributed by atoms with Crippen molar-refractivity contribution in [3.63, 3.8) is 0 Å². The first-order valence-corrected chi connectivity index (χ1v) is 1.30. The SMILES string of the molecule is C1=N[N]CO1. The lowest BCUT2D eigenvalue weighted by atomic mass is 11.3. The molecule has 1 heterocycles. The second-order valence-electron chi connectivity index (χ2n) is 0.658. The summed E-state index contributed by atoms with van der Waals surface area (Å²) in [5, 5.41) is 3.36. The van der Waals surface area contributed by atoms with Gasteiger partial charge in [0, 0.05) is 0 Å². The zero-order valence-electron chi connectivity index (χ0n) is 2.59. The van der Waals surface area contributed by atoms with Crippen molar-refractivity contribution in [2.75, 3.05) is 6.73 Å². The Morgan fingerprint density at radius 1 is 1.80 bits per heavy atom. The molecule has 0 amide bonds.